The number of benzene rings is 2. The quantitative estimate of drug-likeness (QED) is 0.301. The van der Waals surface area contributed by atoms with Crippen molar-refractivity contribution in [2.75, 3.05) is 19.7 Å². The predicted molar refractivity (Wildman–Crippen MR) is 127 cm³/mol. The molecular weight excluding hydrogens is 472 g/mol. The Bertz CT molecular complexity index is 1400. The molecule has 1 fully saturated rings. The number of aliphatic hydroxyl groups excluding tert-OH is 1. The number of sulfonamides is 1. The van der Waals surface area contributed by atoms with Crippen LogP contribution in [0.1, 0.15) is 30.0 Å². The van der Waals surface area contributed by atoms with Crippen molar-refractivity contribution in [1.29, 1.82) is 5.26 Å². The molecule has 0 radical (unpaired) electrons. The summed E-state index contributed by atoms with van der Waals surface area (Å²) in [6, 6.07) is 14.5. The minimum Gasteiger partial charge on any atom is -0.507 e. The van der Waals surface area contributed by atoms with E-state index < -0.39 is 28.4 Å². The third-order valence-corrected chi connectivity index (χ3v) is 7.29. The first kappa shape index (κ1) is 24.4. The van der Waals surface area contributed by atoms with E-state index in [1.54, 1.807) is 38.1 Å². The van der Waals surface area contributed by atoms with Crippen LogP contribution in [0.4, 0.5) is 0 Å². The normalized spacial score (nSPS) is 19.7. The lowest BCUT2D eigenvalue weighted by atomic mass is 10.2. The van der Waals surface area contributed by atoms with Crippen molar-refractivity contribution in [3.63, 3.8) is 0 Å². The first-order chi connectivity index (χ1) is 16.7. The fourth-order valence-corrected chi connectivity index (χ4v) is 5.51. The molecule has 1 saturated heterocycles. The molecule has 0 amide bonds. The molecule has 0 aliphatic carbocycles. The predicted octanol–water partition coefficient (Wildman–Crippen LogP) is 3.01. The number of carbonyl (C=O) groups excluding carboxylic acids is 1. The summed E-state index contributed by atoms with van der Waals surface area (Å²) in [6.45, 7) is 3.42. The Balaban J connectivity index is 1.50. The molecule has 11 heteroatoms. The number of ether oxygens (including phenoxy) is 2. The number of morpholine rings is 1. The van der Waals surface area contributed by atoms with Gasteiger partial charge in [0.25, 0.3) is 0 Å². The minimum atomic E-state index is -3.85. The van der Waals surface area contributed by atoms with Gasteiger partial charge in [-0.05, 0) is 44.2 Å². The molecule has 0 unspecified atom stereocenters. The zero-order chi connectivity index (χ0) is 25.2. The van der Waals surface area contributed by atoms with Crippen LogP contribution in [0.3, 0.4) is 0 Å². The maximum absolute atomic E-state index is 13.1. The molecule has 2 atom stereocenters. The number of nitriles is 1. The van der Waals surface area contributed by atoms with Gasteiger partial charge < -0.3 is 19.6 Å². The number of nitrogens with zero attached hydrogens (tertiary/aromatic N) is 3. The van der Waals surface area contributed by atoms with Gasteiger partial charge in [0.1, 0.15) is 18.2 Å². The fraction of sp³-hybridized carbons (Fsp3) is 0.292. The van der Waals surface area contributed by atoms with Gasteiger partial charge in [-0.15, -0.1) is 0 Å². The van der Waals surface area contributed by atoms with E-state index in [4.69, 9.17) is 9.47 Å². The van der Waals surface area contributed by atoms with E-state index in [1.807, 2.05) is 6.07 Å². The molecule has 4 rings (SSSR count). The molecule has 0 spiro atoms. The molecule has 1 aliphatic heterocycles. The highest BCUT2D eigenvalue weighted by Crippen LogP contribution is 2.23. The molecule has 3 aromatic rings. The van der Waals surface area contributed by atoms with E-state index in [1.165, 1.54) is 28.6 Å². The van der Waals surface area contributed by atoms with Crippen LogP contribution < -0.4 is 0 Å². The monoisotopic (exact) mass is 496 g/mol. The standard InChI is InChI=1S/C24H24N4O6S/c1-15-12-28(13-16(2)34-15)35(31,32)18-7-5-6-17(10-18)24(30)33-14-22(29)19(11-25)23-26-20-8-3-4-9-21(20)27-23/h3-10,15-16,29H,12-14H2,1-2H3,(H,26,27)/t15-,16-/m1/s1. The second kappa shape index (κ2) is 9.87. The third kappa shape index (κ3) is 5.19. The number of hydrogen-bond acceptors (Lipinski definition) is 8. The lowest BCUT2D eigenvalue weighted by Crippen LogP contribution is -2.48. The third-order valence-electron chi connectivity index (χ3n) is 5.46. The van der Waals surface area contributed by atoms with Crippen LogP contribution in [0.2, 0.25) is 0 Å². The Morgan fingerprint density at radius 2 is 1.94 bits per heavy atom. The highest BCUT2D eigenvalue weighted by molar-refractivity contribution is 7.89. The summed E-state index contributed by atoms with van der Waals surface area (Å²) in [5, 5.41) is 19.9. The average Bonchev–Trinajstić information content (AvgIpc) is 3.26. The van der Waals surface area contributed by atoms with E-state index in [0.717, 1.165) is 0 Å². The van der Waals surface area contributed by atoms with Crippen LogP contribution in [0.25, 0.3) is 16.6 Å². The number of esters is 1. The summed E-state index contributed by atoms with van der Waals surface area (Å²) in [5.41, 5.74) is 1.13. The molecule has 10 nitrogen and oxygen atoms in total. The number of hydrogen-bond donors (Lipinski definition) is 2. The van der Waals surface area contributed by atoms with Gasteiger partial charge in [-0.25, -0.2) is 18.2 Å². The van der Waals surface area contributed by atoms with Crippen molar-refractivity contribution in [2.45, 2.75) is 31.0 Å². The topological polar surface area (TPSA) is 146 Å². The van der Waals surface area contributed by atoms with Gasteiger partial charge in [0, 0.05) is 13.1 Å². The second-order valence-corrected chi connectivity index (χ2v) is 10.2. The number of allylic oxidation sites excluding steroid dienone is 1. The lowest BCUT2D eigenvalue weighted by molar-refractivity contribution is -0.0440. The van der Waals surface area contributed by atoms with Crippen LogP contribution in [-0.4, -0.2) is 65.7 Å². The van der Waals surface area contributed by atoms with Gasteiger partial charge >= 0.3 is 5.97 Å². The number of aromatic nitrogens is 2. The number of rotatable bonds is 6. The maximum Gasteiger partial charge on any atom is 0.338 e. The summed E-state index contributed by atoms with van der Waals surface area (Å²) in [5.74, 6) is -1.19. The van der Waals surface area contributed by atoms with E-state index >= 15 is 0 Å². The van der Waals surface area contributed by atoms with Crippen molar-refractivity contribution in [3.8, 4) is 6.07 Å². The molecule has 182 valence electrons. The Kier molecular flexibility index (Phi) is 6.88. The zero-order valence-corrected chi connectivity index (χ0v) is 19.9. The van der Waals surface area contributed by atoms with Gasteiger partial charge in [-0.2, -0.15) is 9.57 Å². The van der Waals surface area contributed by atoms with Gasteiger partial charge in [0.2, 0.25) is 10.0 Å². The van der Waals surface area contributed by atoms with E-state index in [2.05, 4.69) is 9.97 Å². The van der Waals surface area contributed by atoms with Crippen LogP contribution >= 0.6 is 0 Å². The number of aliphatic hydroxyl groups is 1. The summed E-state index contributed by atoms with van der Waals surface area (Å²) >= 11 is 0. The first-order valence-corrected chi connectivity index (χ1v) is 12.3. The van der Waals surface area contributed by atoms with Crippen LogP contribution in [0, 0.1) is 11.3 Å². The molecule has 1 aromatic heterocycles. The van der Waals surface area contributed by atoms with E-state index in [-0.39, 0.29) is 47.2 Å². The van der Waals surface area contributed by atoms with Crippen molar-refractivity contribution in [1.82, 2.24) is 14.3 Å². The molecule has 35 heavy (non-hydrogen) atoms. The summed E-state index contributed by atoms with van der Waals surface area (Å²) in [6.07, 6.45) is -0.505. The number of H-pyrrole nitrogens is 1. The Morgan fingerprint density at radius 3 is 2.63 bits per heavy atom. The Hall–Kier alpha value is -3.72. The molecule has 0 bridgehead atoms. The zero-order valence-electron chi connectivity index (χ0n) is 19.1. The van der Waals surface area contributed by atoms with Crippen LogP contribution in [-0.2, 0) is 19.5 Å². The van der Waals surface area contributed by atoms with Crippen molar-refractivity contribution in [2.24, 2.45) is 0 Å². The highest BCUT2D eigenvalue weighted by Gasteiger charge is 2.32. The summed E-state index contributed by atoms with van der Waals surface area (Å²) in [4.78, 5) is 19.8. The first-order valence-electron chi connectivity index (χ1n) is 10.9. The number of aromatic amines is 1. The van der Waals surface area contributed by atoms with Gasteiger partial charge in [-0.3, -0.25) is 0 Å². The summed E-state index contributed by atoms with van der Waals surface area (Å²) in [7, 11) is -3.85. The van der Waals surface area contributed by atoms with Crippen molar-refractivity contribution >= 4 is 32.6 Å². The van der Waals surface area contributed by atoms with E-state index in [9.17, 15) is 23.6 Å². The number of nitrogens with one attached hydrogen (secondary N) is 1. The Morgan fingerprint density at radius 1 is 1.23 bits per heavy atom. The number of imidazole rings is 1. The average molecular weight is 497 g/mol. The van der Waals surface area contributed by atoms with Gasteiger partial charge in [0.05, 0.1) is 33.7 Å². The Labute approximate surface area is 202 Å². The molecular formula is C24H24N4O6S. The van der Waals surface area contributed by atoms with Gasteiger partial charge in [0.15, 0.2) is 11.6 Å². The minimum absolute atomic E-state index is 0.00419. The number of para-hydroxylation sites is 2. The SMILES string of the molecule is C[C@@H]1CN(S(=O)(=O)c2cccc(C(=O)OCC(O)=C(C#N)c3nc4ccccc4[nH]3)c2)C[C@@H](C)O1. The molecule has 2 aromatic carbocycles. The molecule has 1 aliphatic rings. The van der Waals surface area contributed by atoms with E-state index in [0.29, 0.717) is 11.0 Å². The van der Waals surface area contributed by atoms with Gasteiger partial charge in [-0.1, -0.05) is 18.2 Å². The fourth-order valence-electron chi connectivity index (χ4n) is 3.87. The molecule has 0 saturated carbocycles. The van der Waals surface area contributed by atoms with Crippen LogP contribution in [0.5, 0.6) is 0 Å². The lowest BCUT2D eigenvalue weighted by Gasteiger charge is -2.34. The van der Waals surface area contributed by atoms with Crippen molar-refractivity contribution < 1.29 is 27.8 Å². The largest absolute Gasteiger partial charge is 0.507 e. The number of fused-ring (bicyclic) bond motifs is 1. The number of carbonyl (C=O) groups is 1. The van der Waals surface area contributed by atoms with Crippen LogP contribution in [0.15, 0.2) is 59.2 Å². The highest BCUT2D eigenvalue weighted by atomic mass is 32.2. The molecule has 2 heterocycles. The maximum atomic E-state index is 13.1. The smallest absolute Gasteiger partial charge is 0.338 e. The molecule has 2 N–H and O–H groups in total. The second-order valence-electron chi connectivity index (χ2n) is 8.22. The van der Waals surface area contributed by atoms with Crippen molar-refractivity contribution in [3.05, 3.63) is 65.7 Å². The summed E-state index contributed by atoms with van der Waals surface area (Å²) < 4.78 is 38.3.